The van der Waals surface area contributed by atoms with Crippen LogP contribution in [0.1, 0.15) is 53.0 Å². The fraction of sp³-hybridized carbons (Fsp3) is 0.684. The van der Waals surface area contributed by atoms with Gasteiger partial charge in [-0.15, -0.1) is 0 Å². The van der Waals surface area contributed by atoms with Crippen LogP contribution in [-0.4, -0.2) is 53.6 Å². The van der Waals surface area contributed by atoms with Gasteiger partial charge in [-0.3, -0.25) is 0 Å². The van der Waals surface area contributed by atoms with Crippen molar-refractivity contribution in [3.05, 3.63) is 23.8 Å². The van der Waals surface area contributed by atoms with E-state index in [1.165, 1.54) is 0 Å². The summed E-state index contributed by atoms with van der Waals surface area (Å²) in [5.41, 5.74) is 1.52. The predicted octanol–water partition coefficient (Wildman–Crippen LogP) is 1.93. The summed E-state index contributed by atoms with van der Waals surface area (Å²) in [5.74, 6) is 0.854. The summed E-state index contributed by atoms with van der Waals surface area (Å²) in [6, 6.07) is 6.04. The number of ether oxygens (including phenoxy) is 2. The summed E-state index contributed by atoms with van der Waals surface area (Å²) in [6.45, 7) is 14.5. The van der Waals surface area contributed by atoms with E-state index >= 15 is 0 Å². The minimum atomic E-state index is -0.332. The zero-order chi connectivity index (χ0) is 19.8. The van der Waals surface area contributed by atoms with Crippen LogP contribution in [0.4, 0.5) is 0 Å². The third-order valence-corrected chi connectivity index (χ3v) is 4.89. The smallest absolute Gasteiger partial charge is 0.491 e. The Morgan fingerprint density at radius 2 is 1.65 bits per heavy atom. The first-order chi connectivity index (χ1) is 12.3. The quantitative estimate of drug-likeness (QED) is 0.525. The van der Waals surface area contributed by atoms with Gasteiger partial charge in [0.2, 0.25) is 0 Å². The fourth-order valence-corrected chi connectivity index (χ4v) is 2.54. The lowest BCUT2D eigenvalue weighted by atomic mass is 9.76. The summed E-state index contributed by atoms with van der Waals surface area (Å²) in [5, 5.41) is 0. The molecular formula is C19H34B3O4-. The second-order valence-corrected chi connectivity index (χ2v) is 7.42. The topological polar surface area (TPSA) is 36.9 Å². The van der Waals surface area contributed by atoms with Crippen LogP contribution in [0.3, 0.4) is 0 Å². The van der Waals surface area contributed by atoms with Crippen molar-refractivity contribution in [2.24, 2.45) is 0 Å². The van der Waals surface area contributed by atoms with E-state index in [0.717, 1.165) is 36.2 Å². The van der Waals surface area contributed by atoms with Gasteiger partial charge in [0, 0.05) is 6.61 Å². The molecule has 2 rings (SSSR count). The third-order valence-electron chi connectivity index (χ3n) is 4.89. The summed E-state index contributed by atoms with van der Waals surface area (Å²) in [7, 11) is 4.67. The van der Waals surface area contributed by atoms with Crippen molar-refractivity contribution in [3.63, 3.8) is 0 Å². The number of benzene rings is 1. The van der Waals surface area contributed by atoms with Gasteiger partial charge in [0.1, 0.15) is 12.4 Å². The van der Waals surface area contributed by atoms with Crippen LogP contribution in [0.2, 0.25) is 0 Å². The first-order valence-electron chi connectivity index (χ1n) is 8.93. The van der Waals surface area contributed by atoms with E-state index in [1.807, 2.05) is 18.2 Å². The molecule has 0 N–H and O–H groups in total. The van der Waals surface area contributed by atoms with Crippen LogP contribution >= 0.6 is 0 Å². The Labute approximate surface area is 162 Å². The fourth-order valence-electron chi connectivity index (χ4n) is 2.54. The minimum Gasteiger partial charge on any atom is -0.491 e. The zero-order valence-corrected chi connectivity index (χ0v) is 16.6. The van der Waals surface area contributed by atoms with Gasteiger partial charge in [-0.25, -0.2) is 0 Å². The molecule has 1 aliphatic heterocycles. The van der Waals surface area contributed by atoms with Crippen LogP contribution in [-0.2, 0) is 14.0 Å². The second-order valence-electron chi connectivity index (χ2n) is 7.42. The van der Waals surface area contributed by atoms with Gasteiger partial charge < -0.3 is 18.8 Å². The highest BCUT2D eigenvalue weighted by Gasteiger charge is 2.52. The first kappa shape index (κ1) is 23.1. The van der Waals surface area contributed by atoms with E-state index in [4.69, 9.17) is 26.5 Å². The van der Waals surface area contributed by atoms with Crippen molar-refractivity contribution < 1.29 is 18.8 Å². The highest BCUT2D eigenvalue weighted by atomic mass is 16.7. The zero-order valence-electron chi connectivity index (χ0n) is 16.6. The maximum Gasteiger partial charge on any atom is 0.495 e. The lowest BCUT2D eigenvalue weighted by molar-refractivity contribution is 0.00578. The maximum atomic E-state index is 6.12. The predicted molar refractivity (Wildman–Crippen MR) is 114 cm³/mol. The maximum absolute atomic E-state index is 6.12. The Bertz CT molecular complexity index is 534. The number of unbranched alkanes of at least 4 members (excludes halogenated alkanes) is 1. The molecule has 0 aliphatic carbocycles. The molecule has 26 heavy (non-hydrogen) atoms. The van der Waals surface area contributed by atoms with E-state index in [-0.39, 0.29) is 26.1 Å². The molecule has 0 saturated carbocycles. The standard InChI is InChI=1S/C19H31BO4.B2H3/c1-7-8-11-21-12-13-22-16-9-10-17(15(2)14-16)20-23-18(3,4)19(5,6)24-20;1-2/h9-10,14H,7-8,11-13H2,1-6H3;1H3/q;-1. The van der Waals surface area contributed by atoms with E-state index in [0.29, 0.717) is 13.2 Å². The van der Waals surface area contributed by atoms with Gasteiger partial charge in [0.05, 0.1) is 17.8 Å². The Kier molecular flexibility index (Phi) is 9.28. The van der Waals surface area contributed by atoms with Gasteiger partial charge in [-0.05, 0) is 64.2 Å². The van der Waals surface area contributed by atoms with Gasteiger partial charge in [0.25, 0.3) is 0 Å². The molecule has 0 bridgehead atoms. The molecule has 0 spiro atoms. The Morgan fingerprint density at radius 3 is 2.19 bits per heavy atom. The van der Waals surface area contributed by atoms with Crippen LogP contribution in [0.5, 0.6) is 5.75 Å². The van der Waals surface area contributed by atoms with E-state index in [2.05, 4.69) is 41.5 Å². The molecule has 1 saturated heterocycles. The molecule has 0 amide bonds. The lowest BCUT2D eigenvalue weighted by Gasteiger charge is -2.32. The third kappa shape index (κ3) is 6.07. The molecule has 0 unspecified atom stereocenters. The van der Waals surface area contributed by atoms with Crippen molar-refractivity contribution >= 4 is 28.1 Å². The molecular weight excluding hydrogens is 325 g/mol. The van der Waals surface area contributed by atoms with Crippen molar-refractivity contribution in [1.82, 2.24) is 0 Å². The van der Waals surface area contributed by atoms with Crippen molar-refractivity contribution in [2.45, 2.75) is 65.6 Å². The molecule has 7 heteroatoms. The lowest BCUT2D eigenvalue weighted by Crippen LogP contribution is -2.41. The largest absolute Gasteiger partial charge is 0.495 e. The van der Waals surface area contributed by atoms with Gasteiger partial charge in [0.15, 0.2) is 0 Å². The molecule has 0 aromatic heterocycles. The van der Waals surface area contributed by atoms with Gasteiger partial charge in [-0.2, -0.15) is 7.74 Å². The summed E-state index contributed by atoms with van der Waals surface area (Å²) < 4.78 is 23.5. The molecule has 0 atom stereocenters. The van der Waals surface area contributed by atoms with Gasteiger partial charge >= 0.3 is 7.12 Å². The van der Waals surface area contributed by atoms with E-state index < -0.39 is 0 Å². The average molecular weight is 359 g/mol. The van der Waals surface area contributed by atoms with Gasteiger partial charge in [-0.1, -0.05) is 27.1 Å². The molecule has 1 aromatic rings. The Hall–Kier alpha value is -0.905. The normalized spacial score (nSPS) is 17.6. The second kappa shape index (κ2) is 10.4. The van der Waals surface area contributed by atoms with Crippen molar-refractivity contribution in [3.8, 4) is 5.75 Å². The van der Waals surface area contributed by atoms with Crippen LogP contribution in [0.25, 0.3) is 0 Å². The molecule has 4 nitrogen and oxygen atoms in total. The molecule has 1 fully saturated rings. The SMILES string of the molecule is CCCCOCCOc1ccc(B2OC(C)(C)C(C)(C)O2)c(C)c1.[B][BH3-]. The summed E-state index contributed by atoms with van der Waals surface area (Å²) >= 11 is 0. The van der Waals surface area contributed by atoms with Crippen molar-refractivity contribution in [1.29, 1.82) is 0 Å². The monoisotopic (exact) mass is 359 g/mol. The minimum absolute atomic E-state index is 0.250. The number of hydrogen-bond donors (Lipinski definition) is 0. The molecule has 1 heterocycles. The summed E-state index contributed by atoms with van der Waals surface area (Å²) in [6.07, 6.45) is 2.25. The first-order valence-corrected chi connectivity index (χ1v) is 8.93. The van der Waals surface area contributed by atoms with Crippen molar-refractivity contribution in [2.75, 3.05) is 19.8 Å². The number of hydrogen-bond acceptors (Lipinski definition) is 4. The molecule has 144 valence electrons. The highest BCUT2D eigenvalue weighted by Crippen LogP contribution is 2.36. The highest BCUT2D eigenvalue weighted by molar-refractivity contribution is 6.75. The Morgan fingerprint density at radius 1 is 1.04 bits per heavy atom. The van der Waals surface area contributed by atoms with Crippen LogP contribution < -0.4 is 10.2 Å². The van der Waals surface area contributed by atoms with Crippen LogP contribution in [0.15, 0.2) is 18.2 Å². The molecule has 2 radical (unpaired) electrons. The Balaban J connectivity index is 0.00000163. The molecule has 1 aromatic carbocycles. The number of aryl methyl sites for hydroxylation is 1. The van der Waals surface area contributed by atoms with E-state index in [1.54, 1.807) is 0 Å². The van der Waals surface area contributed by atoms with Crippen LogP contribution in [0, 0.1) is 6.92 Å². The molecule has 1 aliphatic rings. The van der Waals surface area contributed by atoms with E-state index in [9.17, 15) is 0 Å². The number of rotatable bonds is 8. The summed E-state index contributed by atoms with van der Waals surface area (Å²) in [4.78, 5) is 0. The average Bonchev–Trinajstić information content (AvgIpc) is 2.80.